The maximum absolute atomic E-state index is 12.9. The van der Waals surface area contributed by atoms with Crippen molar-refractivity contribution in [3.63, 3.8) is 0 Å². The normalized spacial score (nSPS) is 18.2. The Bertz CT molecular complexity index is 592. The summed E-state index contributed by atoms with van der Waals surface area (Å²) in [6.45, 7) is 1.41. The fraction of sp³-hybridized carbons (Fsp3) is 0.556. The van der Waals surface area contributed by atoms with E-state index in [0.717, 1.165) is 31.2 Å². The molecular formula is C18H25N3O2. The Labute approximate surface area is 137 Å². The number of amides is 3. The maximum Gasteiger partial charge on any atom is 0.314 e. The molecule has 5 heteroatoms. The molecule has 0 unspecified atom stereocenters. The summed E-state index contributed by atoms with van der Waals surface area (Å²) in [5, 5.41) is 5.51. The third-order valence-corrected chi connectivity index (χ3v) is 4.97. The quantitative estimate of drug-likeness (QED) is 0.878. The zero-order valence-electron chi connectivity index (χ0n) is 13.7. The summed E-state index contributed by atoms with van der Waals surface area (Å²) in [7, 11) is 1.62. The Morgan fingerprint density at radius 3 is 2.61 bits per heavy atom. The van der Waals surface area contributed by atoms with Gasteiger partial charge in [0, 0.05) is 31.7 Å². The van der Waals surface area contributed by atoms with E-state index in [-0.39, 0.29) is 18.0 Å². The second-order valence-corrected chi connectivity index (χ2v) is 6.44. The topological polar surface area (TPSA) is 61.4 Å². The standard InChI is InChI=1S/C18H25N3O2/c1-19-18(23)20-14-9-11-21(12-10-14)17(22)16-8-4-6-13-5-2-3-7-15(13)16/h4,6,8,14H,2-3,5,7,9-12H2,1H3,(H2,19,20,23). The Hall–Kier alpha value is -2.04. The van der Waals surface area contributed by atoms with E-state index in [4.69, 9.17) is 0 Å². The van der Waals surface area contributed by atoms with Gasteiger partial charge in [-0.2, -0.15) is 0 Å². The second-order valence-electron chi connectivity index (χ2n) is 6.44. The Kier molecular flexibility index (Phi) is 4.84. The van der Waals surface area contributed by atoms with Gasteiger partial charge in [-0.3, -0.25) is 4.79 Å². The van der Waals surface area contributed by atoms with Crippen molar-refractivity contribution in [1.29, 1.82) is 0 Å². The molecule has 2 N–H and O–H groups in total. The zero-order chi connectivity index (χ0) is 16.2. The van der Waals surface area contributed by atoms with Crippen LogP contribution in [0.25, 0.3) is 0 Å². The van der Waals surface area contributed by atoms with Gasteiger partial charge >= 0.3 is 6.03 Å². The first-order valence-electron chi connectivity index (χ1n) is 8.57. The van der Waals surface area contributed by atoms with Crippen LogP contribution >= 0.6 is 0 Å². The molecule has 5 nitrogen and oxygen atoms in total. The average Bonchev–Trinajstić information content (AvgIpc) is 2.61. The summed E-state index contributed by atoms with van der Waals surface area (Å²) < 4.78 is 0. The second kappa shape index (κ2) is 7.02. The van der Waals surface area contributed by atoms with Crippen molar-refractivity contribution in [2.75, 3.05) is 20.1 Å². The molecule has 0 saturated carbocycles. The van der Waals surface area contributed by atoms with Crippen LogP contribution in [-0.2, 0) is 12.8 Å². The van der Waals surface area contributed by atoms with Crippen LogP contribution in [0.3, 0.4) is 0 Å². The highest BCUT2D eigenvalue weighted by Crippen LogP contribution is 2.26. The van der Waals surface area contributed by atoms with E-state index in [0.29, 0.717) is 13.1 Å². The molecule has 3 amide bonds. The van der Waals surface area contributed by atoms with Crippen molar-refractivity contribution in [3.8, 4) is 0 Å². The SMILES string of the molecule is CNC(=O)NC1CCN(C(=O)c2cccc3c2CCCC3)CC1. The average molecular weight is 315 g/mol. The minimum absolute atomic E-state index is 0.146. The number of nitrogens with one attached hydrogen (secondary N) is 2. The van der Waals surface area contributed by atoms with Gasteiger partial charge < -0.3 is 15.5 Å². The molecular weight excluding hydrogens is 290 g/mol. The Morgan fingerprint density at radius 1 is 1.13 bits per heavy atom. The molecule has 0 spiro atoms. The number of hydrogen-bond donors (Lipinski definition) is 2. The third-order valence-electron chi connectivity index (χ3n) is 4.97. The van der Waals surface area contributed by atoms with Gasteiger partial charge in [0.1, 0.15) is 0 Å². The largest absolute Gasteiger partial charge is 0.341 e. The lowest BCUT2D eigenvalue weighted by atomic mass is 9.87. The monoisotopic (exact) mass is 315 g/mol. The summed E-state index contributed by atoms with van der Waals surface area (Å²) in [5.74, 6) is 0.155. The lowest BCUT2D eigenvalue weighted by molar-refractivity contribution is 0.0707. The van der Waals surface area contributed by atoms with E-state index in [1.165, 1.54) is 24.0 Å². The van der Waals surface area contributed by atoms with Gasteiger partial charge in [0.05, 0.1) is 0 Å². The van der Waals surface area contributed by atoms with Crippen LogP contribution in [0.1, 0.15) is 47.2 Å². The van der Waals surface area contributed by atoms with E-state index in [1.807, 2.05) is 17.0 Å². The van der Waals surface area contributed by atoms with E-state index in [1.54, 1.807) is 7.05 Å². The van der Waals surface area contributed by atoms with Crippen LogP contribution in [-0.4, -0.2) is 43.0 Å². The van der Waals surface area contributed by atoms with Crippen molar-refractivity contribution in [3.05, 3.63) is 34.9 Å². The van der Waals surface area contributed by atoms with Gasteiger partial charge in [-0.1, -0.05) is 12.1 Å². The predicted octanol–water partition coefficient (Wildman–Crippen LogP) is 2.10. The molecule has 0 aromatic heterocycles. The Balaban J connectivity index is 1.65. The van der Waals surface area contributed by atoms with Crippen LogP contribution in [0.5, 0.6) is 0 Å². The third kappa shape index (κ3) is 3.49. The lowest BCUT2D eigenvalue weighted by Gasteiger charge is -2.33. The lowest BCUT2D eigenvalue weighted by Crippen LogP contribution is -2.48. The number of rotatable bonds is 2. The van der Waals surface area contributed by atoms with Crippen molar-refractivity contribution >= 4 is 11.9 Å². The molecule has 1 aliphatic heterocycles. The number of nitrogens with zero attached hydrogens (tertiary/aromatic N) is 1. The van der Waals surface area contributed by atoms with Gasteiger partial charge in [-0.25, -0.2) is 4.79 Å². The summed E-state index contributed by atoms with van der Waals surface area (Å²) in [6, 6.07) is 6.15. The first-order valence-corrected chi connectivity index (χ1v) is 8.57. The summed E-state index contributed by atoms with van der Waals surface area (Å²) in [5.41, 5.74) is 3.49. The van der Waals surface area contributed by atoms with Gasteiger partial charge in [0.25, 0.3) is 5.91 Å². The summed E-state index contributed by atoms with van der Waals surface area (Å²) in [4.78, 5) is 26.2. The van der Waals surface area contributed by atoms with Gasteiger partial charge in [0.2, 0.25) is 0 Å². The van der Waals surface area contributed by atoms with E-state index >= 15 is 0 Å². The van der Waals surface area contributed by atoms with Crippen LogP contribution in [0.4, 0.5) is 4.79 Å². The molecule has 1 saturated heterocycles. The van der Waals surface area contributed by atoms with E-state index < -0.39 is 0 Å². The fourth-order valence-corrected chi connectivity index (χ4v) is 3.64. The number of aryl methyl sites for hydroxylation is 1. The number of carbonyl (C=O) groups is 2. The number of benzene rings is 1. The van der Waals surface area contributed by atoms with Crippen molar-refractivity contribution in [1.82, 2.24) is 15.5 Å². The first kappa shape index (κ1) is 15.8. The molecule has 1 aliphatic carbocycles. The molecule has 0 atom stereocenters. The number of likely N-dealkylation sites (tertiary alicyclic amines) is 1. The predicted molar refractivity (Wildman–Crippen MR) is 89.6 cm³/mol. The van der Waals surface area contributed by atoms with Crippen molar-refractivity contribution in [2.45, 2.75) is 44.6 Å². The number of piperidine rings is 1. The molecule has 2 aliphatic rings. The van der Waals surface area contributed by atoms with E-state index in [9.17, 15) is 9.59 Å². The molecule has 1 aromatic carbocycles. The molecule has 3 rings (SSSR count). The van der Waals surface area contributed by atoms with Crippen LogP contribution < -0.4 is 10.6 Å². The highest BCUT2D eigenvalue weighted by molar-refractivity contribution is 5.96. The molecule has 23 heavy (non-hydrogen) atoms. The molecule has 1 aromatic rings. The maximum atomic E-state index is 12.9. The van der Waals surface area contributed by atoms with Gasteiger partial charge in [-0.05, 0) is 55.7 Å². The van der Waals surface area contributed by atoms with Gasteiger partial charge in [0.15, 0.2) is 0 Å². The number of hydrogen-bond acceptors (Lipinski definition) is 2. The summed E-state index contributed by atoms with van der Waals surface area (Å²) >= 11 is 0. The molecule has 124 valence electrons. The van der Waals surface area contributed by atoms with Crippen LogP contribution in [0.15, 0.2) is 18.2 Å². The highest BCUT2D eigenvalue weighted by atomic mass is 16.2. The molecule has 0 radical (unpaired) electrons. The molecule has 0 bridgehead atoms. The smallest absolute Gasteiger partial charge is 0.314 e. The van der Waals surface area contributed by atoms with Crippen LogP contribution in [0.2, 0.25) is 0 Å². The molecule has 1 fully saturated rings. The first-order chi connectivity index (χ1) is 11.2. The Morgan fingerprint density at radius 2 is 1.87 bits per heavy atom. The minimum Gasteiger partial charge on any atom is -0.341 e. The number of carbonyl (C=O) groups excluding carboxylic acids is 2. The number of urea groups is 1. The van der Waals surface area contributed by atoms with E-state index in [2.05, 4.69) is 16.7 Å². The van der Waals surface area contributed by atoms with Crippen LogP contribution in [0, 0.1) is 0 Å². The van der Waals surface area contributed by atoms with Crippen molar-refractivity contribution in [2.24, 2.45) is 0 Å². The minimum atomic E-state index is -0.146. The van der Waals surface area contributed by atoms with Crippen molar-refractivity contribution < 1.29 is 9.59 Å². The highest BCUT2D eigenvalue weighted by Gasteiger charge is 2.26. The molecule has 1 heterocycles. The zero-order valence-corrected chi connectivity index (χ0v) is 13.7. The van der Waals surface area contributed by atoms with Gasteiger partial charge in [-0.15, -0.1) is 0 Å². The fourth-order valence-electron chi connectivity index (χ4n) is 3.64. The number of fused-ring (bicyclic) bond motifs is 1. The summed E-state index contributed by atoms with van der Waals surface area (Å²) in [6.07, 6.45) is 6.14.